The molecule has 1 N–H and O–H groups in total. The summed E-state index contributed by atoms with van der Waals surface area (Å²) < 4.78 is 14.5. The molecule has 22 heavy (non-hydrogen) atoms. The summed E-state index contributed by atoms with van der Waals surface area (Å²) in [5.41, 5.74) is 1.61. The number of benzene rings is 2. The van der Waals surface area contributed by atoms with Crippen molar-refractivity contribution < 1.29 is 4.39 Å². The zero-order chi connectivity index (χ0) is 15.5. The first kappa shape index (κ1) is 14.4. The fraction of sp³-hybridized carbons (Fsp3) is 0.176. The largest absolute Gasteiger partial charge is 0.295 e. The average molecular weight is 297 g/mol. The van der Waals surface area contributed by atoms with Crippen LogP contribution in [-0.2, 0) is 13.2 Å². The van der Waals surface area contributed by atoms with E-state index in [1.165, 1.54) is 12.1 Å². The van der Waals surface area contributed by atoms with Gasteiger partial charge in [-0.25, -0.2) is 9.37 Å². The molecule has 1 heterocycles. The number of halogens is 1. The van der Waals surface area contributed by atoms with Gasteiger partial charge in [0.25, 0.3) is 5.56 Å². The van der Waals surface area contributed by atoms with Gasteiger partial charge in [0, 0.05) is 6.54 Å². The monoisotopic (exact) mass is 297 g/mol. The molecule has 5 heteroatoms. The number of nitrogens with zero attached hydrogens (tertiary/aromatic N) is 2. The number of para-hydroxylation sites is 1. The standard InChI is InChI=1S/C17H16FN3O/c1-12-20-16-5-3-2-4-15(16)17(22)21(12)11-19-10-13-6-8-14(18)9-7-13/h2-9,19H,10-11H2,1H3. The molecule has 2 aromatic carbocycles. The van der Waals surface area contributed by atoms with Gasteiger partial charge in [-0.2, -0.15) is 0 Å². The van der Waals surface area contributed by atoms with Gasteiger partial charge in [0.2, 0.25) is 0 Å². The van der Waals surface area contributed by atoms with Crippen LogP contribution in [0.3, 0.4) is 0 Å². The summed E-state index contributed by atoms with van der Waals surface area (Å²) in [6.45, 7) is 2.73. The Bertz CT molecular complexity index is 856. The Morgan fingerprint density at radius 2 is 1.86 bits per heavy atom. The third-order valence-electron chi connectivity index (χ3n) is 3.56. The molecule has 0 atom stereocenters. The van der Waals surface area contributed by atoms with Crippen LogP contribution in [0.4, 0.5) is 4.39 Å². The van der Waals surface area contributed by atoms with Crippen LogP contribution in [0, 0.1) is 12.7 Å². The minimum Gasteiger partial charge on any atom is -0.295 e. The Labute approximate surface area is 127 Å². The highest BCUT2D eigenvalue weighted by Gasteiger charge is 2.06. The molecule has 3 rings (SSSR count). The molecule has 112 valence electrons. The van der Waals surface area contributed by atoms with Gasteiger partial charge in [-0.15, -0.1) is 0 Å². The second-order valence-electron chi connectivity index (χ2n) is 5.12. The van der Waals surface area contributed by atoms with Gasteiger partial charge >= 0.3 is 0 Å². The minimum absolute atomic E-state index is 0.0605. The molecule has 0 unspecified atom stereocenters. The number of rotatable bonds is 4. The molecule has 0 aliphatic rings. The fourth-order valence-electron chi connectivity index (χ4n) is 2.38. The third kappa shape index (κ3) is 2.89. The Kier molecular flexibility index (Phi) is 3.98. The van der Waals surface area contributed by atoms with E-state index in [-0.39, 0.29) is 11.4 Å². The summed E-state index contributed by atoms with van der Waals surface area (Å²) in [5.74, 6) is 0.407. The lowest BCUT2D eigenvalue weighted by atomic mass is 10.2. The second-order valence-corrected chi connectivity index (χ2v) is 5.12. The maximum atomic E-state index is 12.9. The van der Waals surface area contributed by atoms with Gasteiger partial charge in [-0.05, 0) is 36.8 Å². The lowest BCUT2D eigenvalue weighted by molar-refractivity contribution is 0.527. The summed E-state index contributed by atoms with van der Waals surface area (Å²) >= 11 is 0. The number of hydrogen-bond acceptors (Lipinski definition) is 3. The van der Waals surface area contributed by atoms with Gasteiger partial charge in [0.05, 0.1) is 17.6 Å². The van der Waals surface area contributed by atoms with Crippen LogP contribution in [0.2, 0.25) is 0 Å². The van der Waals surface area contributed by atoms with E-state index in [0.717, 1.165) is 5.56 Å². The molecule has 0 aliphatic carbocycles. The molecule has 0 amide bonds. The lowest BCUT2D eigenvalue weighted by Gasteiger charge is -2.12. The highest BCUT2D eigenvalue weighted by Crippen LogP contribution is 2.07. The van der Waals surface area contributed by atoms with Crippen LogP contribution in [0.15, 0.2) is 53.3 Å². The van der Waals surface area contributed by atoms with Crippen molar-refractivity contribution in [3.8, 4) is 0 Å². The Hall–Kier alpha value is -2.53. The van der Waals surface area contributed by atoms with Crippen LogP contribution < -0.4 is 10.9 Å². The number of fused-ring (bicyclic) bond motifs is 1. The van der Waals surface area contributed by atoms with E-state index in [2.05, 4.69) is 10.3 Å². The van der Waals surface area contributed by atoms with Gasteiger partial charge in [0.15, 0.2) is 0 Å². The van der Waals surface area contributed by atoms with E-state index in [0.29, 0.717) is 29.9 Å². The van der Waals surface area contributed by atoms with E-state index < -0.39 is 0 Å². The quantitative estimate of drug-likeness (QED) is 0.805. The molecular formula is C17H16FN3O. The first-order valence-corrected chi connectivity index (χ1v) is 7.06. The third-order valence-corrected chi connectivity index (χ3v) is 3.56. The summed E-state index contributed by atoms with van der Waals surface area (Å²) in [5, 5.41) is 3.79. The van der Waals surface area contributed by atoms with Crippen molar-refractivity contribution in [1.29, 1.82) is 0 Å². The Balaban J connectivity index is 1.79. The fourth-order valence-corrected chi connectivity index (χ4v) is 2.38. The van der Waals surface area contributed by atoms with E-state index >= 15 is 0 Å². The van der Waals surface area contributed by atoms with Gasteiger partial charge in [0.1, 0.15) is 11.6 Å². The summed E-state index contributed by atoms with van der Waals surface area (Å²) in [7, 11) is 0. The zero-order valence-electron chi connectivity index (χ0n) is 12.2. The molecule has 0 saturated heterocycles. The van der Waals surface area contributed by atoms with Crippen molar-refractivity contribution in [1.82, 2.24) is 14.9 Å². The van der Waals surface area contributed by atoms with Crippen LogP contribution in [0.25, 0.3) is 10.9 Å². The highest BCUT2D eigenvalue weighted by molar-refractivity contribution is 5.77. The Morgan fingerprint density at radius 1 is 1.14 bits per heavy atom. The number of aromatic nitrogens is 2. The molecule has 0 saturated carbocycles. The molecule has 0 fully saturated rings. The van der Waals surface area contributed by atoms with Gasteiger partial charge < -0.3 is 0 Å². The van der Waals surface area contributed by atoms with E-state index in [1.807, 2.05) is 25.1 Å². The van der Waals surface area contributed by atoms with Crippen molar-refractivity contribution in [2.45, 2.75) is 20.1 Å². The minimum atomic E-state index is -0.255. The van der Waals surface area contributed by atoms with E-state index in [4.69, 9.17) is 0 Å². The summed E-state index contributed by atoms with van der Waals surface area (Å²) in [6, 6.07) is 13.6. The maximum Gasteiger partial charge on any atom is 0.262 e. The summed E-state index contributed by atoms with van der Waals surface area (Å²) in [6.07, 6.45) is 0. The van der Waals surface area contributed by atoms with Crippen molar-refractivity contribution in [3.05, 3.63) is 76.1 Å². The van der Waals surface area contributed by atoms with Crippen LogP contribution in [-0.4, -0.2) is 9.55 Å². The molecule has 0 aliphatic heterocycles. The molecule has 0 radical (unpaired) electrons. The first-order chi connectivity index (χ1) is 10.6. The Morgan fingerprint density at radius 3 is 2.64 bits per heavy atom. The number of hydrogen-bond donors (Lipinski definition) is 1. The summed E-state index contributed by atoms with van der Waals surface area (Å²) in [4.78, 5) is 16.9. The van der Waals surface area contributed by atoms with Crippen molar-refractivity contribution >= 4 is 10.9 Å². The first-order valence-electron chi connectivity index (χ1n) is 7.06. The lowest BCUT2D eigenvalue weighted by Crippen LogP contribution is -2.30. The maximum absolute atomic E-state index is 12.9. The van der Waals surface area contributed by atoms with Crippen LogP contribution >= 0.6 is 0 Å². The zero-order valence-corrected chi connectivity index (χ0v) is 12.2. The molecule has 0 bridgehead atoms. The predicted molar refractivity (Wildman–Crippen MR) is 84.0 cm³/mol. The molecule has 4 nitrogen and oxygen atoms in total. The predicted octanol–water partition coefficient (Wildman–Crippen LogP) is 2.59. The van der Waals surface area contributed by atoms with Crippen molar-refractivity contribution in [2.24, 2.45) is 0 Å². The number of nitrogens with one attached hydrogen (secondary N) is 1. The average Bonchev–Trinajstić information content (AvgIpc) is 2.52. The molecule has 1 aromatic heterocycles. The molecule has 3 aromatic rings. The number of aryl methyl sites for hydroxylation is 1. The van der Waals surface area contributed by atoms with Gasteiger partial charge in [-0.1, -0.05) is 24.3 Å². The highest BCUT2D eigenvalue weighted by atomic mass is 19.1. The van der Waals surface area contributed by atoms with Crippen LogP contribution in [0.1, 0.15) is 11.4 Å². The van der Waals surface area contributed by atoms with Crippen LogP contribution in [0.5, 0.6) is 0 Å². The van der Waals surface area contributed by atoms with E-state index in [1.54, 1.807) is 22.8 Å². The topological polar surface area (TPSA) is 46.9 Å². The van der Waals surface area contributed by atoms with E-state index in [9.17, 15) is 9.18 Å². The van der Waals surface area contributed by atoms with Crippen molar-refractivity contribution in [2.75, 3.05) is 0 Å². The molecular weight excluding hydrogens is 281 g/mol. The molecule has 0 spiro atoms. The smallest absolute Gasteiger partial charge is 0.262 e. The normalized spacial score (nSPS) is 11.0. The van der Waals surface area contributed by atoms with Crippen molar-refractivity contribution in [3.63, 3.8) is 0 Å². The van der Waals surface area contributed by atoms with Gasteiger partial charge in [-0.3, -0.25) is 14.7 Å². The second kappa shape index (κ2) is 6.07. The SMILES string of the molecule is Cc1nc2ccccc2c(=O)n1CNCc1ccc(F)cc1.